The third-order valence-electron chi connectivity index (χ3n) is 4.26. The summed E-state index contributed by atoms with van der Waals surface area (Å²) >= 11 is 0. The second kappa shape index (κ2) is 6.37. The van der Waals surface area contributed by atoms with E-state index in [0.29, 0.717) is 16.8 Å². The molecule has 3 aromatic rings. The van der Waals surface area contributed by atoms with Crippen molar-refractivity contribution in [2.75, 3.05) is 10.6 Å². The molecule has 2 heterocycles. The van der Waals surface area contributed by atoms with E-state index in [4.69, 9.17) is 0 Å². The Morgan fingerprint density at radius 3 is 2.73 bits per heavy atom. The maximum absolute atomic E-state index is 12.6. The molecule has 0 saturated carbocycles. The summed E-state index contributed by atoms with van der Waals surface area (Å²) in [5.74, 6) is -0.386. The van der Waals surface area contributed by atoms with Gasteiger partial charge in [-0.25, -0.2) is 0 Å². The van der Waals surface area contributed by atoms with E-state index in [1.807, 2.05) is 43.3 Å². The number of nitrogens with one attached hydrogen (secondary N) is 3. The highest BCUT2D eigenvalue weighted by Crippen LogP contribution is 2.33. The van der Waals surface area contributed by atoms with Gasteiger partial charge in [-0.2, -0.15) is 0 Å². The zero-order valence-electron chi connectivity index (χ0n) is 14.2. The Morgan fingerprint density at radius 1 is 1.08 bits per heavy atom. The molecular formula is C21H17N3O2. The number of benzene rings is 2. The van der Waals surface area contributed by atoms with Crippen LogP contribution in [0.4, 0.5) is 11.4 Å². The number of H-pyrrole nitrogens is 1. The Kier molecular flexibility index (Phi) is 3.89. The van der Waals surface area contributed by atoms with Crippen LogP contribution >= 0.6 is 0 Å². The SMILES string of the molecule is Cc1cccc(NC(=O)c2ccc3c(c2)/C(=C/c2ccc[nH]2)C(=O)N3)c1. The van der Waals surface area contributed by atoms with Crippen molar-refractivity contribution < 1.29 is 9.59 Å². The Morgan fingerprint density at radius 2 is 1.96 bits per heavy atom. The molecule has 0 atom stereocenters. The number of amides is 2. The molecule has 26 heavy (non-hydrogen) atoms. The van der Waals surface area contributed by atoms with Crippen LogP contribution < -0.4 is 10.6 Å². The number of hydrogen-bond donors (Lipinski definition) is 3. The van der Waals surface area contributed by atoms with Gasteiger partial charge in [-0.1, -0.05) is 12.1 Å². The lowest BCUT2D eigenvalue weighted by Crippen LogP contribution is -2.12. The Labute approximate surface area is 150 Å². The van der Waals surface area contributed by atoms with Crippen LogP contribution in [0, 0.1) is 6.92 Å². The van der Waals surface area contributed by atoms with Gasteiger partial charge in [0.05, 0.1) is 5.57 Å². The molecule has 0 fully saturated rings. The van der Waals surface area contributed by atoms with Gasteiger partial charge >= 0.3 is 0 Å². The average molecular weight is 343 g/mol. The van der Waals surface area contributed by atoms with Crippen molar-refractivity contribution >= 4 is 34.8 Å². The summed E-state index contributed by atoms with van der Waals surface area (Å²) in [4.78, 5) is 27.9. The molecule has 0 spiro atoms. The minimum atomic E-state index is -0.211. The van der Waals surface area contributed by atoms with E-state index in [1.54, 1.807) is 30.5 Å². The zero-order chi connectivity index (χ0) is 18.1. The second-order valence-corrected chi connectivity index (χ2v) is 6.22. The van der Waals surface area contributed by atoms with Gasteiger partial charge in [0.2, 0.25) is 0 Å². The van der Waals surface area contributed by atoms with Crippen LogP contribution in [0.5, 0.6) is 0 Å². The van der Waals surface area contributed by atoms with Crippen molar-refractivity contribution in [2.24, 2.45) is 0 Å². The predicted octanol–water partition coefficient (Wildman–Crippen LogP) is 4.07. The van der Waals surface area contributed by atoms with Gasteiger partial charge in [0.25, 0.3) is 11.8 Å². The monoisotopic (exact) mass is 343 g/mol. The van der Waals surface area contributed by atoms with E-state index in [0.717, 1.165) is 22.5 Å². The van der Waals surface area contributed by atoms with Crippen LogP contribution in [0.25, 0.3) is 11.6 Å². The van der Waals surface area contributed by atoms with Gasteiger partial charge in [-0.15, -0.1) is 0 Å². The largest absolute Gasteiger partial charge is 0.362 e. The number of carbonyl (C=O) groups is 2. The topological polar surface area (TPSA) is 74.0 Å². The normalized spacial score (nSPS) is 14.2. The minimum Gasteiger partial charge on any atom is -0.362 e. The molecule has 2 aromatic carbocycles. The van der Waals surface area contributed by atoms with Crippen LogP contribution in [-0.4, -0.2) is 16.8 Å². The van der Waals surface area contributed by atoms with Gasteiger partial charge in [0.15, 0.2) is 0 Å². The second-order valence-electron chi connectivity index (χ2n) is 6.22. The van der Waals surface area contributed by atoms with E-state index in [1.165, 1.54) is 0 Å². The van der Waals surface area contributed by atoms with Gasteiger partial charge in [-0.3, -0.25) is 9.59 Å². The number of carbonyl (C=O) groups excluding carboxylic acids is 2. The molecule has 0 aliphatic carbocycles. The first-order chi connectivity index (χ1) is 12.6. The zero-order valence-corrected chi connectivity index (χ0v) is 14.2. The van der Waals surface area contributed by atoms with Crippen molar-refractivity contribution in [1.82, 2.24) is 4.98 Å². The molecule has 2 amide bonds. The number of aryl methyl sites for hydroxylation is 1. The van der Waals surface area contributed by atoms with Crippen LogP contribution in [0.1, 0.15) is 27.2 Å². The van der Waals surface area contributed by atoms with Crippen molar-refractivity contribution in [3.63, 3.8) is 0 Å². The average Bonchev–Trinajstić information content (AvgIpc) is 3.23. The number of aromatic amines is 1. The summed E-state index contributed by atoms with van der Waals surface area (Å²) in [6.45, 7) is 1.97. The molecule has 0 radical (unpaired) electrons. The fraction of sp³-hybridized carbons (Fsp3) is 0.0476. The van der Waals surface area contributed by atoms with E-state index < -0.39 is 0 Å². The summed E-state index contributed by atoms with van der Waals surface area (Å²) < 4.78 is 0. The maximum Gasteiger partial charge on any atom is 0.256 e. The lowest BCUT2D eigenvalue weighted by molar-refractivity contribution is -0.110. The van der Waals surface area contributed by atoms with E-state index in [9.17, 15) is 9.59 Å². The van der Waals surface area contributed by atoms with Gasteiger partial charge < -0.3 is 15.6 Å². The molecule has 3 N–H and O–H groups in total. The molecule has 1 aromatic heterocycles. The Bertz CT molecular complexity index is 1030. The summed E-state index contributed by atoms with van der Waals surface area (Å²) in [7, 11) is 0. The molecular weight excluding hydrogens is 326 g/mol. The standard InChI is InChI=1S/C21H17N3O2/c1-13-4-2-5-16(10-13)23-20(25)14-7-8-19-17(11-14)18(21(26)24-19)12-15-6-3-9-22-15/h2-12,22H,1H3,(H,23,25)(H,24,26)/b18-12-. The number of aromatic nitrogens is 1. The van der Waals surface area contributed by atoms with Crippen LogP contribution in [0.2, 0.25) is 0 Å². The highest BCUT2D eigenvalue weighted by molar-refractivity contribution is 6.35. The first kappa shape index (κ1) is 15.9. The summed E-state index contributed by atoms with van der Waals surface area (Å²) in [5, 5.41) is 5.72. The van der Waals surface area contributed by atoms with E-state index >= 15 is 0 Å². The lowest BCUT2D eigenvalue weighted by atomic mass is 10.0. The lowest BCUT2D eigenvalue weighted by Gasteiger charge is -2.07. The number of hydrogen-bond acceptors (Lipinski definition) is 2. The molecule has 5 heteroatoms. The van der Waals surface area contributed by atoms with Gasteiger partial charge in [0, 0.05) is 34.4 Å². The van der Waals surface area contributed by atoms with Crippen LogP contribution in [-0.2, 0) is 4.79 Å². The third kappa shape index (κ3) is 3.02. The molecule has 1 aliphatic rings. The maximum atomic E-state index is 12.6. The first-order valence-corrected chi connectivity index (χ1v) is 8.29. The summed E-state index contributed by atoms with van der Waals surface area (Å²) in [6, 6.07) is 16.6. The third-order valence-corrected chi connectivity index (χ3v) is 4.26. The smallest absolute Gasteiger partial charge is 0.256 e. The quantitative estimate of drug-likeness (QED) is 0.627. The summed E-state index contributed by atoms with van der Waals surface area (Å²) in [5.41, 5.74) is 5.11. The van der Waals surface area contributed by atoms with Crippen LogP contribution in [0.15, 0.2) is 60.8 Å². The molecule has 128 valence electrons. The van der Waals surface area contributed by atoms with Crippen molar-refractivity contribution in [3.05, 3.63) is 83.2 Å². The molecule has 4 rings (SSSR count). The van der Waals surface area contributed by atoms with E-state index in [-0.39, 0.29) is 11.8 Å². The molecule has 1 aliphatic heterocycles. The van der Waals surface area contributed by atoms with Gasteiger partial charge in [-0.05, 0) is 61.0 Å². The fourth-order valence-electron chi connectivity index (χ4n) is 2.99. The number of anilines is 2. The van der Waals surface area contributed by atoms with E-state index in [2.05, 4.69) is 15.6 Å². The Balaban J connectivity index is 1.65. The minimum absolute atomic E-state index is 0.175. The van der Waals surface area contributed by atoms with Gasteiger partial charge in [0.1, 0.15) is 0 Å². The molecule has 5 nitrogen and oxygen atoms in total. The molecule has 0 bridgehead atoms. The number of rotatable bonds is 3. The fourth-order valence-corrected chi connectivity index (χ4v) is 2.99. The highest BCUT2D eigenvalue weighted by Gasteiger charge is 2.25. The van der Waals surface area contributed by atoms with Crippen molar-refractivity contribution in [2.45, 2.75) is 6.92 Å². The van der Waals surface area contributed by atoms with Crippen LogP contribution in [0.3, 0.4) is 0 Å². The van der Waals surface area contributed by atoms with Crippen molar-refractivity contribution in [1.29, 1.82) is 0 Å². The predicted molar refractivity (Wildman–Crippen MR) is 103 cm³/mol. The highest BCUT2D eigenvalue weighted by atomic mass is 16.2. The van der Waals surface area contributed by atoms with Crippen molar-refractivity contribution in [3.8, 4) is 0 Å². The summed E-state index contributed by atoms with van der Waals surface area (Å²) in [6.07, 6.45) is 3.58. The molecule has 0 unspecified atom stereocenters. The first-order valence-electron chi connectivity index (χ1n) is 8.29. The molecule has 0 saturated heterocycles. The number of fused-ring (bicyclic) bond motifs is 1. The Hall–Kier alpha value is -3.60.